The number of piperazine rings is 1. The molecule has 32 heavy (non-hydrogen) atoms. The molecule has 1 aromatic heterocycles. The molecule has 2 aromatic rings. The van der Waals surface area contributed by atoms with Gasteiger partial charge < -0.3 is 14.3 Å². The van der Waals surface area contributed by atoms with Crippen LogP contribution in [0.2, 0.25) is 0 Å². The van der Waals surface area contributed by atoms with Gasteiger partial charge in [0, 0.05) is 31.6 Å². The zero-order valence-electron chi connectivity index (χ0n) is 16.9. The van der Waals surface area contributed by atoms with Gasteiger partial charge in [-0.1, -0.05) is 17.3 Å². The third kappa shape index (κ3) is 4.74. The van der Waals surface area contributed by atoms with Crippen LogP contribution in [-0.4, -0.2) is 55.5 Å². The fourth-order valence-corrected chi connectivity index (χ4v) is 5.64. The molecule has 12 heteroatoms. The lowest BCUT2D eigenvalue weighted by Gasteiger charge is -2.43. The summed E-state index contributed by atoms with van der Waals surface area (Å²) in [6.07, 6.45) is -4.20. The summed E-state index contributed by atoms with van der Waals surface area (Å²) in [6.45, 7) is 0.544. The highest BCUT2D eigenvalue weighted by molar-refractivity contribution is 7.91. The summed E-state index contributed by atoms with van der Waals surface area (Å²) in [4.78, 5) is 16.4. The first-order chi connectivity index (χ1) is 15.0. The summed E-state index contributed by atoms with van der Waals surface area (Å²) >= 11 is 0. The normalized spacial score (nSPS) is 22.2. The van der Waals surface area contributed by atoms with Gasteiger partial charge in [-0.05, 0) is 30.5 Å². The van der Waals surface area contributed by atoms with Gasteiger partial charge in [0.25, 0.3) is 0 Å². The van der Waals surface area contributed by atoms with Crippen LogP contribution < -0.4 is 4.90 Å². The van der Waals surface area contributed by atoms with Crippen LogP contribution in [0.1, 0.15) is 30.2 Å². The Morgan fingerprint density at radius 3 is 2.34 bits per heavy atom. The van der Waals surface area contributed by atoms with E-state index in [4.69, 9.17) is 0 Å². The molecular weight excluding hydrogens is 454 g/mol. The van der Waals surface area contributed by atoms with Gasteiger partial charge in [-0.3, -0.25) is 4.79 Å². The summed E-state index contributed by atoms with van der Waals surface area (Å²) in [5, 5.41) is 3.53. The maximum Gasteiger partial charge on any atom is 0.452 e. The Morgan fingerprint density at radius 2 is 1.75 bits per heavy atom. The minimum Gasteiger partial charge on any atom is -0.350 e. The number of hydrogen-bond donors (Lipinski definition) is 0. The number of carbonyl (C=O) groups excluding carboxylic acids is 1. The first kappa shape index (κ1) is 22.6. The van der Waals surface area contributed by atoms with E-state index in [9.17, 15) is 30.8 Å². The lowest BCUT2D eigenvalue weighted by atomic mass is 9.96. The van der Waals surface area contributed by atoms with Gasteiger partial charge in [0.2, 0.25) is 11.7 Å². The Balaban J connectivity index is 1.58. The Kier molecular flexibility index (Phi) is 5.91. The molecule has 0 aliphatic carbocycles. The van der Waals surface area contributed by atoms with E-state index in [2.05, 4.69) is 9.68 Å². The van der Waals surface area contributed by atoms with Crippen molar-refractivity contribution in [2.75, 3.05) is 36.0 Å². The average molecular weight is 475 g/mol. The van der Waals surface area contributed by atoms with Gasteiger partial charge >= 0.3 is 6.18 Å². The number of amides is 1. The molecule has 0 saturated carbocycles. The highest BCUT2D eigenvalue weighted by atomic mass is 32.2. The molecule has 2 aliphatic rings. The van der Waals surface area contributed by atoms with Crippen molar-refractivity contribution in [3.63, 3.8) is 0 Å². The van der Waals surface area contributed by atoms with Gasteiger partial charge in [-0.15, -0.1) is 0 Å². The van der Waals surface area contributed by atoms with Gasteiger partial charge in [-0.2, -0.15) is 13.2 Å². The van der Waals surface area contributed by atoms with Crippen molar-refractivity contribution in [2.24, 2.45) is 5.92 Å². The minimum atomic E-state index is -4.67. The molecule has 0 N–H and O–H groups in total. The smallest absolute Gasteiger partial charge is 0.350 e. The van der Waals surface area contributed by atoms with E-state index in [1.807, 2.05) is 0 Å². The maximum atomic E-state index is 13.5. The molecule has 4 rings (SSSR count). The number of rotatable bonds is 3. The van der Waals surface area contributed by atoms with Crippen LogP contribution in [0.4, 0.5) is 23.4 Å². The van der Waals surface area contributed by atoms with Crippen LogP contribution in [0.15, 0.2) is 34.9 Å². The largest absolute Gasteiger partial charge is 0.452 e. The highest BCUT2D eigenvalue weighted by Crippen LogP contribution is 2.35. The molecule has 1 aromatic carbocycles. The van der Waals surface area contributed by atoms with E-state index in [1.165, 1.54) is 24.3 Å². The minimum absolute atomic E-state index is 0.000274. The molecule has 1 atom stereocenters. The third-order valence-electron chi connectivity index (χ3n) is 5.92. The Morgan fingerprint density at radius 1 is 1.09 bits per heavy atom. The fraction of sp³-hybridized carbons (Fsp3) is 0.500. The van der Waals surface area contributed by atoms with Gasteiger partial charge in [0.15, 0.2) is 5.82 Å². The molecule has 0 bridgehead atoms. The van der Waals surface area contributed by atoms with Gasteiger partial charge in [0.05, 0.1) is 17.5 Å². The van der Waals surface area contributed by atoms with Crippen molar-refractivity contribution in [1.82, 2.24) is 10.1 Å². The number of sulfone groups is 1. The van der Waals surface area contributed by atoms with Gasteiger partial charge in [-0.25, -0.2) is 12.8 Å². The van der Waals surface area contributed by atoms with Crippen LogP contribution in [-0.2, 0) is 20.8 Å². The average Bonchev–Trinajstić information content (AvgIpc) is 3.24. The molecule has 0 radical (unpaired) electrons. The number of hydrogen-bond acceptors (Lipinski definition) is 6. The van der Waals surface area contributed by atoms with Crippen molar-refractivity contribution in [3.05, 3.63) is 47.5 Å². The number of aromatic nitrogens is 1. The second-order valence-corrected chi connectivity index (χ2v) is 10.3. The fourth-order valence-electron chi connectivity index (χ4n) is 4.15. The summed E-state index contributed by atoms with van der Waals surface area (Å²) in [7, 11) is -3.14. The summed E-state index contributed by atoms with van der Waals surface area (Å²) in [5.74, 6) is -2.42. The molecule has 1 unspecified atom stereocenters. The first-order valence-corrected chi connectivity index (χ1v) is 11.9. The number of benzene rings is 1. The van der Waals surface area contributed by atoms with Crippen molar-refractivity contribution in [1.29, 1.82) is 0 Å². The van der Waals surface area contributed by atoms with Crippen molar-refractivity contribution in [2.45, 2.75) is 25.1 Å². The van der Waals surface area contributed by atoms with E-state index in [1.54, 1.807) is 9.80 Å². The number of anilines is 1. The quantitative estimate of drug-likeness (QED) is 0.635. The summed E-state index contributed by atoms with van der Waals surface area (Å²) in [5.41, 5.74) is 0.618. The second kappa shape index (κ2) is 8.38. The SMILES string of the molecule is O=C(C1CCS(=O)(=O)CC1)N1CCN(c2cc(C(F)(F)F)on2)CC1c1ccc(F)cc1. The van der Waals surface area contributed by atoms with Crippen LogP contribution >= 0.6 is 0 Å². The zero-order chi connectivity index (χ0) is 23.1. The van der Waals surface area contributed by atoms with E-state index in [-0.39, 0.29) is 55.7 Å². The van der Waals surface area contributed by atoms with Crippen LogP contribution in [0.25, 0.3) is 0 Å². The lowest BCUT2D eigenvalue weighted by Crippen LogP contribution is -2.53. The molecular formula is C20H21F4N3O4S. The van der Waals surface area contributed by atoms with Crippen LogP contribution in [0.3, 0.4) is 0 Å². The first-order valence-electron chi connectivity index (χ1n) is 10.1. The number of nitrogens with zero attached hydrogens (tertiary/aromatic N) is 3. The number of halogens is 4. The zero-order valence-corrected chi connectivity index (χ0v) is 17.7. The molecule has 2 saturated heterocycles. The Bertz CT molecular complexity index is 1070. The van der Waals surface area contributed by atoms with E-state index in [0.29, 0.717) is 5.56 Å². The Labute approximate surface area is 181 Å². The van der Waals surface area contributed by atoms with Gasteiger partial charge in [0.1, 0.15) is 15.7 Å². The molecule has 0 spiro atoms. The Hall–Kier alpha value is -2.63. The second-order valence-electron chi connectivity index (χ2n) is 8.02. The van der Waals surface area contributed by atoms with Crippen LogP contribution in [0, 0.1) is 11.7 Å². The molecule has 3 heterocycles. The van der Waals surface area contributed by atoms with E-state index in [0.717, 1.165) is 6.07 Å². The molecule has 174 valence electrons. The number of carbonyl (C=O) groups is 1. The predicted molar refractivity (Wildman–Crippen MR) is 106 cm³/mol. The standard InChI is InChI=1S/C20H21F4N3O4S/c21-15-3-1-13(2-4-15)16-12-26(18-11-17(31-25-18)20(22,23)24)7-8-27(16)19(28)14-5-9-32(29,30)10-6-14/h1-4,11,14,16H,5-10,12H2. The lowest BCUT2D eigenvalue weighted by molar-refractivity contribution is -0.155. The third-order valence-corrected chi connectivity index (χ3v) is 7.64. The van der Waals surface area contributed by atoms with Crippen molar-refractivity contribution < 1.29 is 35.3 Å². The summed E-state index contributed by atoms with van der Waals surface area (Å²) < 4.78 is 80.0. The predicted octanol–water partition coefficient (Wildman–Crippen LogP) is 3.05. The van der Waals surface area contributed by atoms with Crippen molar-refractivity contribution >= 4 is 21.6 Å². The highest BCUT2D eigenvalue weighted by Gasteiger charge is 2.40. The summed E-state index contributed by atoms with van der Waals surface area (Å²) in [6, 6.07) is 5.80. The molecule has 1 amide bonds. The van der Waals surface area contributed by atoms with Crippen molar-refractivity contribution in [3.8, 4) is 0 Å². The maximum absolute atomic E-state index is 13.5. The molecule has 7 nitrogen and oxygen atoms in total. The molecule has 2 aliphatic heterocycles. The van der Waals surface area contributed by atoms with E-state index >= 15 is 0 Å². The number of alkyl halides is 3. The molecule has 2 fully saturated rings. The van der Waals surface area contributed by atoms with E-state index < -0.39 is 39.6 Å². The van der Waals surface area contributed by atoms with Crippen LogP contribution in [0.5, 0.6) is 0 Å². The monoisotopic (exact) mass is 475 g/mol. The topological polar surface area (TPSA) is 83.7 Å².